The maximum Gasteiger partial charge on any atom is 0.335 e. The normalized spacial score (nSPS) is 19.0. The number of aliphatic hydroxyl groups is 2. The second-order valence-corrected chi connectivity index (χ2v) is 18.8. The van der Waals surface area contributed by atoms with E-state index in [9.17, 15) is 34.5 Å². The van der Waals surface area contributed by atoms with Gasteiger partial charge in [-0.25, -0.2) is 4.79 Å². The molecule has 3 N–H and O–H groups in total. The molecule has 0 bridgehead atoms. The van der Waals surface area contributed by atoms with Gasteiger partial charge in [0.2, 0.25) is 0 Å². The van der Waals surface area contributed by atoms with Crippen molar-refractivity contribution in [2.24, 2.45) is 0 Å². The first-order chi connectivity index (χ1) is 34.6. The maximum absolute atomic E-state index is 13.1. The van der Waals surface area contributed by atoms with E-state index in [1.54, 1.807) is 0 Å². The van der Waals surface area contributed by atoms with E-state index in [0.717, 1.165) is 141 Å². The number of allylic oxidation sites excluding steroid dienone is 12. The summed E-state index contributed by atoms with van der Waals surface area (Å²) in [6, 6.07) is 0. The molecule has 0 saturated carbocycles. The third kappa shape index (κ3) is 37.6. The average molecular weight is 999 g/mol. The van der Waals surface area contributed by atoms with Crippen molar-refractivity contribution in [3.63, 3.8) is 0 Å². The Morgan fingerprint density at radius 3 is 1.37 bits per heavy atom. The van der Waals surface area contributed by atoms with E-state index in [4.69, 9.17) is 23.7 Å². The number of hydrogen-bond acceptors (Lipinski definition) is 11. The number of carboxylic acids is 1. The van der Waals surface area contributed by atoms with Crippen molar-refractivity contribution < 1.29 is 58.2 Å². The highest BCUT2D eigenvalue weighted by molar-refractivity contribution is 5.74. The van der Waals surface area contributed by atoms with Crippen LogP contribution >= 0.6 is 0 Å². The Morgan fingerprint density at radius 2 is 0.887 bits per heavy atom. The summed E-state index contributed by atoms with van der Waals surface area (Å²) in [5.74, 6) is -3.16. The number of rotatable bonds is 46. The molecule has 0 aromatic carbocycles. The van der Waals surface area contributed by atoms with Gasteiger partial charge in [0.25, 0.3) is 0 Å². The smallest absolute Gasteiger partial charge is 0.335 e. The fraction of sp³-hybridized carbons (Fsp3) is 0.729. The van der Waals surface area contributed by atoms with Crippen LogP contribution in [0.5, 0.6) is 0 Å². The van der Waals surface area contributed by atoms with E-state index in [1.807, 2.05) is 0 Å². The number of unbranched alkanes of at least 4 members (excludes halogenated alkanes) is 20. The SMILES string of the molecule is CC/C=C\C/C=C\C/C=C\C/C=C\CCCCCCCCC(=O)OCC(COC1OC(C(=O)O)C(O)C(O)C1OC(=O)CCCCCCC/C=C\CCCC)OC(=O)CCCCCCC/C=C\CCCC. The number of ether oxygens (including phenoxy) is 5. The minimum Gasteiger partial charge on any atom is -0.479 e. The fourth-order valence-corrected chi connectivity index (χ4v) is 7.91. The van der Waals surface area contributed by atoms with Gasteiger partial charge in [0.1, 0.15) is 18.8 Å². The number of esters is 3. The van der Waals surface area contributed by atoms with Crippen LogP contribution in [0.4, 0.5) is 0 Å². The second kappa shape index (κ2) is 47.2. The van der Waals surface area contributed by atoms with Crippen LogP contribution in [0.1, 0.15) is 226 Å². The lowest BCUT2D eigenvalue weighted by Gasteiger charge is -2.40. The van der Waals surface area contributed by atoms with E-state index < -0.39 is 67.3 Å². The lowest BCUT2D eigenvalue weighted by Crippen LogP contribution is -2.61. The Balaban J connectivity index is 2.69. The van der Waals surface area contributed by atoms with E-state index in [2.05, 4.69) is 93.7 Å². The first-order valence-electron chi connectivity index (χ1n) is 27.9. The van der Waals surface area contributed by atoms with Gasteiger partial charge in [-0.05, 0) is 96.3 Å². The Hall–Kier alpha value is -3.84. The lowest BCUT2D eigenvalue weighted by atomic mass is 9.98. The van der Waals surface area contributed by atoms with Crippen molar-refractivity contribution in [2.75, 3.05) is 13.2 Å². The van der Waals surface area contributed by atoms with Crippen molar-refractivity contribution in [1.29, 1.82) is 0 Å². The monoisotopic (exact) mass is 999 g/mol. The Morgan fingerprint density at radius 1 is 0.479 bits per heavy atom. The summed E-state index contributed by atoms with van der Waals surface area (Å²) in [6.45, 7) is 5.75. The largest absolute Gasteiger partial charge is 0.479 e. The van der Waals surface area contributed by atoms with E-state index in [1.165, 1.54) is 25.7 Å². The van der Waals surface area contributed by atoms with Crippen LogP contribution in [0.25, 0.3) is 0 Å². The summed E-state index contributed by atoms with van der Waals surface area (Å²) in [4.78, 5) is 50.9. The molecule has 12 nitrogen and oxygen atoms in total. The van der Waals surface area contributed by atoms with E-state index >= 15 is 0 Å². The molecular formula is C59H98O12. The fourth-order valence-electron chi connectivity index (χ4n) is 7.91. The average Bonchev–Trinajstić information content (AvgIpc) is 3.35. The quantitative estimate of drug-likeness (QED) is 0.0228. The molecule has 1 aliphatic rings. The van der Waals surface area contributed by atoms with Gasteiger partial charge in [-0.15, -0.1) is 0 Å². The molecule has 0 amide bonds. The first-order valence-corrected chi connectivity index (χ1v) is 27.9. The molecule has 1 heterocycles. The second-order valence-electron chi connectivity index (χ2n) is 18.8. The number of aliphatic hydroxyl groups excluding tert-OH is 2. The summed E-state index contributed by atoms with van der Waals surface area (Å²) in [5, 5.41) is 31.3. The lowest BCUT2D eigenvalue weighted by molar-refractivity contribution is -0.301. The highest BCUT2D eigenvalue weighted by Crippen LogP contribution is 2.26. The van der Waals surface area contributed by atoms with Crippen molar-refractivity contribution in [3.8, 4) is 0 Å². The van der Waals surface area contributed by atoms with Gasteiger partial charge >= 0.3 is 23.9 Å². The molecule has 0 aliphatic carbocycles. The molecule has 6 unspecified atom stereocenters. The van der Waals surface area contributed by atoms with Gasteiger partial charge in [-0.3, -0.25) is 14.4 Å². The predicted octanol–water partition coefficient (Wildman–Crippen LogP) is 13.8. The summed E-state index contributed by atoms with van der Waals surface area (Å²) in [5.41, 5.74) is 0. The molecule has 0 radical (unpaired) electrons. The molecule has 12 heteroatoms. The topological polar surface area (TPSA) is 175 Å². The Bertz CT molecular complexity index is 1510. The third-order valence-electron chi connectivity index (χ3n) is 12.2. The van der Waals surface area contributed by atoms with Gasteiger partial charge in [-0.1, -0.05) is 184 Å². The van der Waals surface area contributed by atoms with Crippen molar-refractivity contribution in [3.05, 3.63) is 72.9 Å². The van der Waals surface area contributed by atoms with Crippen molar-refractivity contribution in [2.45, 2.75) is 263 Å². The molecule has 0 aromatic heterocycles. The van der Waals surface area contributed by atoms with E-state index in [-0.39, 0.29) is 25.9 Å². The van der Waals surface area contributed by atoms with Gasteiger partial charge in [0.05, 0.1) is 6.61 Å². The highest BCUT2D eigenvalue weighted by Gasteiger charge is 2.50. The molecule has 406 valence electrons. The Labute approximate surface area is 429 Å². The molecule has 1 aliphatic heterocycles. The van der Waals surface area contributed by atoms with Crippen LogP contribution in [0.3, 0.4) is 0 Å². The minimum atomic E-state index is -1.91. The van der Waals surface area contributed by atoms with Gasteiger partial charge in [-0.2, -0.15) is 0 Å². The predicted molar refractivity (Wildman–Crippen MR) is 285 cm³/mol. The number of hydrogen-bond donors (Lipinski definition) is 3. The summed E-state index contributed by atoms with van der Waals surface area (Å²) >= 11 is 0. The summed E-state index contributed by atoms with van der Waals surface area (Å²) < 4.78 is 28.3. The van der Waals surface area contributed by atoms with Gasteiger partial charge in [0.15, 0.2) is 24.6 Å². The van der Waals surface area contributed by atoms with Crippen LogP contribution < -0.4 is 0 Å². The Kier molecular flexibility index (Phi) is 43.3. The molecule has 1 fully saturated rings. The molecule has 0 aromatic rings. The van der Waals surface area contributed by atoms with Gasteiger partial charge < -0.3 is 39.0 Å². The van der Waals surface area contributed by atoms with Gasteiger partial charge in [0, 0.05) is 19.3 Å². The number of carboxylic acid groups (broad SMARTS) is 1. The summed E-state index contributed by atoms with van der Waals surface area (Å²) in [7, 11) is 0. The standard InChI is InChI=1S/C59H98O12/c1-4-7-10-13-16-19-22-23-24-25-26-27-28-29-32-33-36-39-42-45-51(60)67-48-50(69-52(61)46-43-40-37-34-30-20-17-14-11-8-5-2)49-68-59-57(55(64)54(63)56(71-59)58(65)66)70-53(62)47-44-41-38-35-31-21-18-15-12-9-6-3/h7,10,14-19,23-24,26-27,50,54-57,59,63-64H,4-6,8-9,11-13,20-22,25,28-49H2,1-3H3,(H,65,66)/b10-7-,17-14-,18-15-,19-16-,24-23-,27-26-. The van der Waals surface area contributed by atoms with Crippen LogP contribution in [0.2, 0.25) is 0 Å². The third-order valence-corrected chi connectivity index (χ3v) is 12.2. The van der Waals surface area contributed by atoms with Crippen molar-refractivity contribution in [1.82, 2.24) is 0 Å². The molecule has 6 atom stereocenters. The zero-order valence-electron chi connectivity index (χ0n) is 44.4. The molecule has 0 spiro atoms. The summed E-state index contributed by atoms with van der Waals surface area (Å²) in [6.07, 6.45) is 46.0. The zero-order chi connectivity index (χ0) is 51.8. The number of aliphatic carboxylic acids is 1. The number of carbonyl (C=O) groups is 4. The minimum absolute atomic E-state index is 0.0459. The first kappa shape index (κ1) is 65.2. The van der Waals surface area contributed by atoms with Crippen LogP contribution in [0.15, 0.2) is 72.9 Å². The molecule has 1 saturated heterocycles. The van der Waals surface area contributed by atoms with Crippen LogP contribution in [-0.2, 0) is 42.9 Å². The van der Waals surface area contributed by atoms with Crippen LogP contribution in [0, 0.1) is 0 Å². The van der Waals surface area contributed by atoms with Crippen molar-refractivity contribution >= 4 is 23.9 Å². The molecule has 1 rings (SSSR count). The molecular weight excluding hydrogens is 901 g/mol. The van der Waals surface area contributed by atoms with E-state index in [0.29, 0.717) is 19.3 Å². The maximum atomic E-state index is 13.1. The van der Waals surface area contributed by atoms with Crippen LogP contribution in [-0.4, -0.2) is 89.2 Å². The molecule has 71 heavy (non-hydrogen) atoms. The zero-order valence-corrected chi connectivity index (χ0v) is 44.4. The highest BCUT2D eigenvalue weighted by atomic mass is 16.7. The number of carbonyl (C=O) groups excluding carboxylic acids is 3.